The summed E-state index contributed by atoms with van der Waals surface area (Å²) in [5, 5.41) is 3.76. The van der Waals surface area contributed by atoms with Gasteiger partial charge in [0.25, 0.3) is 0 Å². The number of fused-ring (bicyclic) bond motifs is 2. The van der Waals surface area contributed by atoms with Crippen LogP contribution in [0.3, 0.4) is 0 Å². The number of hydrogen-bond acceptors (Lipinski definition) is 1. The molecule has 1 unspecified atom stereocenters. The number of rotatable bonds is 3. The van der Waals surface area contributed by atoms with Gasteiger partial charge in [0.1, 0.15) is 0 Å². The Bertz CT molecular complexity index is 240. The van der Waals surface area contributed by atoms with Crippen molar-refractivity contribution in [3.8, 4) is 0 Å². The maximum absolute atomic E-state index is 3.76. The third-order valence-corrected chi connectivity index (χ3v) is 4.17. The summed E-state index contributed by atoms with van der Waals surface area (Å²) in [6.45, 7) is 3.66. The monoisotopic (exact) mass is 177 g/mol. The second-order valence-corrected chi connectivity index (χ2v) is 5.58. The molecular formula is C12H19N. The van der Waals surface area contributed by atoms with Crippen LogP contribution in [-0.4, -0.2) is 12.6 Å². The summed E-state index contributed by atoms with van der Waals surface area (Å²) in [4.78, 5) is 0. The highest BCUT2D eigenvalue weighted by atomic mass is 15.0. The summed E-state index contributed by atoms with van der Waals surface area (Å²) in [7, 11) is 0. The molecule has 3 aliphatic carbocycles. The van der Waals surface area contributed by atoms with Crippen LogP contribution in [0.1, 0.15) is 32.6 Å². The average molecular weight is 177 g/mol. The third kappa shape index (κ3) is 1.43. The molecule has 0 amide bonds. The van der Waals surface area contributed by atoms with E-state index in [9.17, 15) is 0 Å². The quantitative estimate of drug-likeness (QED) is 0.652. The largest absolute Gasteiger partial charge is 0.313 e. The van der Waals surface area contributed by atoms with Gasteiger partial charge in [-0.15, -0.1) is 0 Å². The van der Waals surface area contributed by atoms with Gasteiger partial charge in [0.15, 0.2) is 0 Å². The third-order valence-electron chi connectivity index (χ3n) is 4.17. The predicted molar refractivity (Wildman–Crippen MR) is 54.5 cm³/mol. The minimum absolute atomic E-state index is 0.672. The molecule has 0 aromatic carbocycles. The van der Waals surface area contributed by atoms with Crippen LogP contribution in [0.2, 0.25) is 0 Å². The summed E-state index contributed by atoms with van der Waals surface area (Å²) in [5.41, 5.74) is 0.672. The maximum atomic E-state index is 3.76. The van der Waals surface area contributed by atoms with E-state index in [1.807, 2.05) is 0 Å². The Balaban J connectivity index is 1.54. The summed E-state index contributed by atoms with van der Waals surface area (Å²) >= 11 is 0. The predicted octanol–water partition coefficient (Wildman–Crippen LogP) is 2.34. The molecule has 0 aliphatic heterocycles. The van der Waals surface area contributed by atoms with Gasteiger partial charge in [0.2, 0.25) is 0 Å². The first-order valence-electron chi connectivity index (χ1n) is 5.67. The molecule has 2 saturated carbocycles. The van der Waals surface area contributed by atoms with Gasteiger partial charge < -0.3 is 5.32 Å². The lowest BCUT2D eigenvalue weighted by molar-refractivity contribution is 0.396. The van der Waals surface area contributed by atoms with E-state index in [0.717, 1.165) is 17.9 Å². The van der Waals surface area contributed by atoms with Crippen molar-refractivity contribution in [1.29, 1.82) is 0 Å². The second-order valence-electron chi connectivity index (χ2n) is 5.58. The molecule has 2 bridgehead atoms. The van der Waals surface area contributed by atoms with Crippen LogP contribution in [0.15, 0.2) is 12.2 Å². The van der Waals surface area contributed by atoms with E-state index in [-0.39, 0.29) is 0 Å². The Labute approximate surface area is 80.6 Å². The van der Waals surface area contributed by atoms with E-state index in [4.69, 9.17) is 0 Å². The molecule has 1 nitrogen and oxygen atoms in total. The number of hydrogen-bond donors (Lipinski definition) is 1. The molecule has 3 rings (SSSR count). The Hall–Kier alpha value is -0.300. The van der Waals surface area contributed by atoms with E-state index in [1.165, 1.54) is 32.2 Å². The second kappa shape index (κ2) is 2.60. The molecule has 0 radical (unpaired) electrons. The summed E-state index contributed by atoms with van der Waals surface area (Å²) < 4.78 is 0. The zero-order chi connectivity index (χ0) is 8.89. The van der Waals surface area contributed by atoms with Gasteiger partial charge in [-0.3, -0.25) is 0 Å². The Morgan fingerprint density at radius 1 is 1.31 bits per heavy atom. The highest BCUT2D eigenvalue weighted by molar-refractivity contribution is 5.12. The van der Waals surface area contributed by atoms with Crippen molar-refractivity contribution in [3.05, 3.63) is 12.2 Å². The number of allylic oxidation sites excluding steroid dienone is 1. The molecule has 3 aliphatic rings. The molecule has 3 atom stereocenters. The van der Waals surface area contributed by atoms with Gasteiger partial charge >= 0.3 is 0 Å². The highest BCUT2D eigenvalue weighted by Gasteiger charge is 2.40. The molecule has 1 heteroatoms. The van der Waals surface area contributed by atoms with E-state index in [1.54, 1.807) is 0 Å². The fourth-order valence-corrected chi connectivity index (χ4v) is 2.78. The summed E-state index contributed by atoms with van der Waals surface area (Å²) in [5.74, 6) is 1.78. The van der Waals surface area contributed by atoms with Gasteiger partial charge in [-0.2, -0.15) is 0 Å². The fourth-order valence-electron chi connectivity index (χ4n) is 2.78. The standard InChI is InChI=1S/C12H19N/c1-12(4-5-12)8-13-11-7-9-2-3-10(11)6-9/h2-3,9-11,13H,4-8H2,1H3/t9-,10+,11?/m1/s1. The van der Waals surface area contributed by atoms with Crippen LogP contribution in [0.5, 0.6) is 0 Å². The minimum Gasteiger partial charge on any atom is -0.313 e. The van der Waals surface area contributed by atoms with Gasteiger partial charge in [-0.05, 0) is 42.9 Å². The number of nitrogens with one attached hydrogen (secondary N) is 1. The van der Waals surface area contributed by atoms with Gasteiger partial charge in [0, 0.05) is 12.6 Å². The van der Waals surface area contributed by atoms with Crippen molar-refractivity contribution in [1.82, 2.24) is 5.32 Å². The van der Waals surface area contributed by atoms with Crippen molar-refractivity contribution in [2.45, 2.75) is 38.6 Å². The topological polar surface area (TPSA) is 12.0 Å². The lowest BCUT2D eigenvalue weighted by atomic mass is 10.0. The molecule has 0 heterocycles. The zero-order valence-electron chi connectivity index (χ0n) is 8.42. The molecule has 0 spiro atoms. The Kier molecular flexibility index (Phi) is 1.61. The summed E-state index contributed by atoms with van der Waals surface area (Å²) in [6.07, 6.45) is 10.6. The van der Waals surface area contributed by atoms with Crippen molar-refractivity contribution in [3.63, 3.8) is 0 Å². The molecule has 0 aromatic heterocycles. The van der Waals surface area contributed by atoms with Crippen LogP contribution < -0.4 is 5.32 Å². The zero-order valence-corrected chi connectivity index (χ0v) is 8.42. The lowest BCUT2D eigenvalue weighted by Crippen LogP contribution is -2.36. The van der Waals surface area contributed by atoms with Gasteiger partial charge in [-0.25, -0.2) is 0 Å². The first-order chi connectivity index (χ1) is 6.25. The molecular weight excluding hydrogens is 158 g/mol. The van der Waals surface area contributed by atoms with Crippen LogP contribution in [0, 0.1) is 17.3 Å². The molecule has 0 saturated heterocycles. The molecule has 13 heavy (non-hydrogen) atoms. The summed E-state index contributed by atoms with van der Waals surface area (Å²) in [6, 6.07) is 0.812. The molecule has 72 valence electrons. The SMILES string of the molecule is CC1(CNC2C[C@@H]3C=C[C@H]2C3)CC1. The molecule has 0 aromatic rings. The van der Waals surface area contributed by atoms with Crippen molar-refractivity contribution >= 4 is 0 Å². The highest BCUT2D eigenvalue weighted by Crippen LogP contribution is 2.45. The average Bonchev–Trinajstić information content (AvgIpc) is 2.63. The van der Waals surface area contributed by atoms with Gasteiger partial charge in [0.05, 0.1) is 0 Å². The first kappa shape index (κ1) is 8.05. The van der Waals surface area contributed by atoms with Crippen molar-refractivity contribution in [2.24, 2.45) is 17.3 Å². The van der Waals surface area contributed by atoms with Crippen LogP contribution in [0.4, 0.5) is 0 Å². The fraction of sp³-hybridized carbons (Fsp3) is 0.833. The first-order valence-corrected chi connectivity index (χ1v) is 5.67. The normalized spacial score (nSPS) is 44.2. The van der Waals surface area contributed by atoms with Crippen LogP contribution in [0.25, 0.3) is 0 Å². The maximum Gasteiger partial charge on any atom is 0.0136 e. The van der Waals surface area contributed by atoms with Crippen LogP contribution in [-0.2, 0) is 0 Å². The van der Waals surface area contributed by atoms with E-state index >= 15 is 0 Å². The molecule has 1 N–H and O–H groups in total. The van der Waals surface area contributed by atoms with E-state index in [0.29, 0.717) is 5.41 Å². The van der Waals surface area contributed by atoms with Crippen molar-refractivity contribution < 1.29 is 0 Å². The smallest absolute Gasteiger partial charge is 0.0136 e. The molecule has 2 fully saturated rings. The minimum atomic E-state index is 0.672. The van der Waals surface area contributed by atoms with E-state index < -0.39 is 0 Å². The lowest BCUT2D eigenvalue weighted by Gasteiger charge is -2.21. The Morgan fingerprint density at radius 3 is 2.69 bits per heavy atom. The van der Waals surface area contributed by atoms with Crippen molar-refractivity contribution in [2.75, 3.05) is 6.54 Å². The van der Waals surface area contributed by atoms with Gasteiger partial charge in [-0.1, -0.05) is 19.1 Å². The Morgan fingerprint density at radius 2 is 2.15 bits per heavy atom. The van der Waals surface area contributed by atoms with E-state index in [2.05, 4.69) is 24.4 Å². The van der Waals surface area contributed by atoms with Crippen LogP contribution >= 0.6 is 0 Å².